The summed E-state index contributed by atoms with van der Waals surface area (Å²) in [4.78, 5) is 19.2. The summed E-state index contributed by atoms with van der Waals surface area (Å²) < 4.78 is 38.9. The number of aromatic nitrogens is 4. The van der Waals surface area contributed by atoms with Crippen LogP contribution in [0.4, 0.5) is 19.1 Å². The van der Waals surface area contributed by atoms with Crippen molar-refractivity contribution in [1.82, 2.24) is 19.1 Å². The first-order chi connectivity index (χ1) is 9.24. The highest BCUT2D eigenvalue weighted by Gasteiger charge is 2.32. The van der Waals surface area contributed by atoms with Gasteiger partial charge in [0.2, 0.25) is 5.95 Å². The van der Waals surface area contributed by atoms with Gasteiger partial charge in [0.25, 0.3) is 0 Å². The number of hydrogen-bond donors (Lipinski definition) is 2. The van der Waals surface area contributed by atoms with Crippen LogP contribution in [0.1, 0.15) is 0 Å². The molecule has 0 aliphatic rings. The first-order valence-electron chi connectivity index (χ1n) is 5.34. The van der Waals surface area contributed by atoms with Gasteiger partial charge in [-0.2, -0.15) is 23.1 Å². The minimum Gasteiger partial charge on any atom is -0.395 e. The molecule has 3 N–H and O–H groups in total. The van der Waals surface area contributed by atoms with Gasteiger partial charge in [0.15, 0.2) is 10.8 Å². The summed E-state index contributed by atoms with van der Waals surface area (Å²) in [5.41, 5.74) is 3.95. The maximum Gasteiger partial charge on any atom is 0.406 e. The Morgan fingerprint density at radius 2 is 1.95 bits per heavy atom. The van der Waals surface area contributed by atoms with Gasteiger partial charge in [-0.1, -0.05) is 11.6 Å². The molecule has 0 amide bonds. The normalized spacial score (nSPS) is 12.2. The van der Waals surface area contributed by atoms with E-state index in [0.717, 1.165) is 4.57 Å². The van der Waals surface area contributed by atoms with Crippen molar-refractivity contribution < 1.29 is 18.3 Å². The lowest BCUT2D eigenvalue weighted by molar-refractivity contribution is -0.140. The van der Waals surface area contributed by atoms with E-state index in [4.69, 9.17) is 22.4 Å². The molecule has 7 nitrogen and oxygen atoms in total. The Hall–Kier alpha value is -1.81. The zero-order chi connectivity index (χ0) is 15.1. The Labute approximate surface area is 114 Å². The van der Waals surface area contributed by atoms with E-state index >= 15 is 0 Å². The van der Waals surface area contributed by atoms with Crippen LogP contribution in [0.3, 0.4) is 0 Å². The fourth-order valence-electron chi connectivity index (χ4n) is 1.81. The second-order valence-electron chi connectivity index (χ2n) is 3.90. The predicted octanol–water partition coefficient (Wildman–Crippen LogP) is 0.383. The quantitative estimate of drug-likeness (QED) is 0.799. The second-order valence-corrected chi connectivity index (χ2v) is 4.26. The molecule has 0 aliphatic heterocycles. The van der Waals surface area contributed by atoms with Crippen LogP contribution in [-0.2, 0) is 13.1 Å². The monoisotopic (exact) mass is 311 g/mol. The zero-order valence-electron chi connectivity index (χ0n) is 9.85. The lowest BCUT2D eigenvalue weighted by Crippen LogP contribution is -2.30. The van der Waals surface area contributed by atoms with Crippen molar-refractivity contribution in [2.75, 3.05) is 12.3 Å². The van der Waals surface area contributed by atoms with Crippen molar-refractivity contribution in [2.45, 2.75) is 19.3 Å². The smallest absolute Gasteiger partial charge is 0.395 e. The van der Waals surface area contributed by atoms with E-state index in [9.17, 15) is 18.0 Å². The van der Waals surface area contributed by atoms with Gasteiger partial charge in [0.05, 0.1) is 13.2 Å². The number of nitrogen functional groups attached to an aromatic ring is 1. The van der Waals surface area contributed by atoms with Gasteiger partial charge >= 0.3 is 11.9 Å². The number of aliphatic hydroxyl groups excluding tert-OH is 1. The van der Waals surface area contributed by atoms with E-state index in [-0.39, 0.29) is 28.8 Å². The average molecular weight is 312 g/mol. The van der Waals surface area contributed by atoms with Gasteiger partial charge in [-0.15, -0.1) is 0 Å². The van der Waals surface area contributed by atoms with Crippen LogP contribution in [0.15, 0.2) is 4.79 Å². The Balaban J connectivity index is 2.80. The number of hydrogen-bond acceptors (Lipinski definition) is 5. The number of aliphatic hydroxyl groups is 1. The molecule has 0 aromatic carbocycles. The molecule has 0 atom stereocenters. The second kappa shape index (κ2) is 4.94. The summed E-state index contributed by atoms with van der Waals surface area (Å²) in [7, 11) is 0. The van der Waals surface area contributed by atoms with Gasteiger partial charge in [0.1, 0.15) is 12.1 Å². The van der Waals surface area contributed by atoms with Crippen LogP contribution in [0, 0.1) is 0 Å². The van der Waals surface area contributed by atoms with Gasteiger partial charge in [0, 0.05) is 0 Å². The van der Waals surface area contributed by atoms with Gasteiger partial charge in [-0.05, 0) is 0 Å². The Morgan fingerprint density at radius 3 is 2.50 bits per heavy atom. The van der Waals surface area contributed by atoms with Crippen molar-refractivity contribution in [3.63, 3.8) is 0 Å². The lowest BCUT2D eigenvalue weighted by atomic mass is 10.5. The number of halogens is 4. The van der Waals surface area contributed by atoms with Crippen LogP contribution in [0.25, 0.3) is 11.2 Å². The minimum atomic E-state index is -4.62. The highest BCUT2D eigenvalue weighted by atomic mass is 35.5. The van der Waals surface area contributed by atoms with E-state index in [1.165, 1.54) is 0 Å². The van der Waals surface area contributed by atoms with Gasteiger partial charge < -0.3 is 10.8 Å². The Morgan fingerprint density at radius 1 is 1.30 bits per heavy atom. The number of imidazole rings is 1. The first kappa shape index (κ1) is 14.6. The highest BCUT2D eigenvalue weighted by molar-refractivity contribution is 6.33. The molecular formula is C9H9ClF3N5O2. The standard InChI is InChI=1S/C9H9ClF3N5O2/c10-5-4-6(16-7(14)15-5)17(1-2-19)8(20)18(4)3-9(11,12)13/h19H,1-3H2,(H2,14,15,16). The predicted molar refractivity (Wildman–Crippen MR) is 64.4 cm³/mol. The SMILES string of the molecule is Nc1nc(Cl)c2c(n1)n(CCO)c(=O)n2CC(F)(F)F. The summed E-state index contributed by atoms with van der Waals surface area (Å²) in [6.07, 6.45) is -4.62. The van der Waals surface area contributed by atoms with Crippen LogP contribution in [-0.4, -0.2) is 37.0 Å². The van der Waals surface area contributed by atoms with Gasteiger partial charge in [-0.25, -0.2) is 4.79 Å². The summed E-state index contributed by atoms with van der Waals surface area (Å²) >= 11 is 5.75. The van der Waals surface area contributed by atoms with Gasteiger partial charge in [-0.3, -0.25) is 9.13 Å². The molecular weight excluding hydrogens is 303 g/mol. The number of fused-ring (bicyclic) bond motifs is 1. The molecule has 0 aliphatic carbocycles. The molecule has 0 fully saturated rings. The highest BCUT2D eigenvalue weighted by Crippen LogP contribution is 2.24. The molecule has 0 unspecified atom stereocenters. The molecule has 0 spiro atoms. The topological polar surface area (TPSA) is 99.0 Å². The van der Waals surface area contributed by atoms with E-state index in [1.54, 1.807) is 0 Å². The molecule has 0 saturated carbocycles. The molecule has 0 saturated heterocycles. The Kier molecular flexibility index (Phi) is 3.61. The van der Waals surface area contributed by atoms with Crippen molar-refractivity contribution in [3.8, 4) is 0 Å². The molecule has 20 heavy (non-hydrogen) atoms. The van der Waals surface area contributed by atoms with Crippen molar-refractivity contribution >= 4 is 28.7 Å². The van der Waals surface area contributed by atoms with Crippen LogP contribution < -0.4 is 11.4 Å². The number of nitrogens with zero attached hydrogens (tertiary/aromatic N) is 4. The maximum absolute atomic E-state index is 12.5. The third-order valence-electron chi connectivity index (χ3n) is 2.49. The summed E-state index contributed by atoms with van der Waals surface area (Å²) in [5, 5.41) is 8.53. The molecule has 2 aromatic heterocycles. The summed E-state index contributed by atoms with van der Waals surface area (Å²) in [6, 6.07) is 0. The third-order valence-corrected chi connectivity index (χ3v) is 2.75. The molecule has 0 radical (unpaired) electrons. The van der Waals surface area contributed by atoms with E-state index < -0.39 is 25.0 Å². The molecule has 2 rings (SSSR count). The molecule has 2 heterocycles. The summed E-state index contributed by atoms with van der Waals surface area (Å²) in [5.74, 6) is -0.279. The molecule has 11 heteroatoms. The van der Waals surface area contributed by atoms with E-state index in [2.05, 4.69) is 9.97 Å². The maximum atomic E-state index is 12.5. The van der Waals surface area contributed by atoms with E-state index in [0.29, 0.717) is 4.57 Å². The van der Waals surface area contributed by atoms with Crippen LogP contribution in [0.5, 0.6) is 0 Å². The van der Waals surface area contributed by atoms with Crippen molar-refractivity contribution in [1.29, 1.82) is 0 Å². The molecule has 2 aromatic rings. The molecule has 110 valence electrons. The van der Waals surface area contributed by atoms with Crippen LogP contribution in [0.2, 0.25) is 5.15 Å². The average Bonchev–Trinajstić information content (AvgIpc) is 2.53. The first-order valence-corrected chi connectivity index (χ1v) is 5.72. The fourth-order valence-corrected chi connectivity index (χ4v) is 2.09. The summed E-state index contributed by atoms with van der Waals surface area (Å²) in [6.45, 7) is -2.21. The Bertz CT molecular complexity index is 708. The largest absolute Gasteiger partial charge is 0.406 e. The number of rotatable bonds is 3. The lowest BCUT2D eigenvalue weighted by Gasteiger charge is -2.07. The van der Waals surface area contributed by atoms with Crippen molar-refractivity contribution in [2.24, 2.45) is 0 Å². The van der Waals surface area contributed by atoms with E-state index in [1.807, 2.05) is 0 Å². The van der Waals surface area contributed by atoms with Crippen molar-refractivity contribution in [3.05, 3.63) is 15.6 Å². The third kappa shape index (κ3) is 2.56. The fraction of sp³-hybridized carbons (Fsp3) is 0.444. The number of anilines is 1. The minimum absolute atomic E-state index is 0.147. The number of alkyl halides is 3. The molecule has 0 bridgehead atoms. The van der Waals surface area contributed by atoms with Crippen LogP contribution >= 0.6 is 11.6 Å². The zero-order valence-corrected chi connectivity index (χ0v) is 10.6. The number of nitrogens with two attached hydrogens (primary N) is 1.